The van der Waals surface area contributed by atoms with Crippen LogP contribution in [-0.2, 0) is 13.9 Å². The van der Waals surface area contributed by atoms with Crippen molar-refractivity contribution in [2.24, 2.45) is 0 Å². The number of carbonyl (C=O) groups excluding carboxylic acids is 1. The van der Waals surface area contributed by atoms with Crippen LogP contribution >= 0.6 is 15.2 Å². The molecule has 0 fully saturated rings. The molecule has 0 rings (SSSR count). The van der Waals surface area contributed by atoms with E-state index in [4.69, 9.17) is 0 Å². The third kappa shape index (κ3) is 22.2. The number of allylic oxidation sites excluding steroid dienone is 3. The molecule has 0 aliphatic carbocycles. The Morgan fingerprint density at radius 2 is 1.41 bits per heavy atom. The zero-order valence-electron chi connectivity index (χ0n) is 17.3. The Kier molecular flexibility index (Phi) is 29.9. The fourth-order valence-corrected chi connectivity index (χ4v) is 4.03. The number of carbonyl (C=O) groups is 1. The molecule has 0 atom stereocenters. The second kappa shape index (κ2) is 19.9. The maximum Gasteiger partial charge on any atom is 1.00 e. The van der Waals surface area contributed by atoms with Crippen molar-refractivity contribution in [1.82, 2.24) is 5.32 Å². The molecule has 0 unspecified atom stereocenters. The first-order valence-electron chi connectivity index (χ1n) is 6.96. The number of rotatable bonds is 9. The fourth-order valence-electron chi connectivity index (χ4n) is 1.75. The van der Waals surface area contributed by atoms with Crippen LogP contribution in [0, 0.1) is 0 Å². The van der Waals surface area contributed by atoms with E-state index in [2.05, 4.69) is 5.32 Å². The summed E-state index contributed by atoms with van der Waals surface area (Å²) in [6.45, 7) is 5.26. The smallest absolute Gasteiger partial charge is 0.810 e. The van der Waals surface area contributed by atoms with Crippen LogP contribution in [0.25, 0.3) is 0 Å². The van der Waals surface area contributed by atoms with E-state index < -0.39 is 39.5 Å². The van der Waals surface area contributed by atoms with Gasteiger partial charge in [-0.05, 0) is 40.0 Å². The normalized spacial score (nSPS) is 11.2. The van der Waals surface area contributed by atoms with E-state index in [0.717, 1.165) is 17.6 Å². The van der Waals surface area contributed by atoms with E-state index in [-0.39, 0.29) is 118 Å². The molecule has 0 aromatic heterocycles. The molecule has 0 spiro atoms. The topological polar surface area (TPSA) is 155 Å². The zero-order chi connectivity index (χ0) is 18.3. The van der Waals surface area contributed by atoms with Crippen LogP contribution in [0.3, 0.4) is 0 Å². The predicted molar refractivity (Wildman–Crippen MR) is 79.0 cm³/mol. The summed E-state index contributed by atoms with van der Waals surface area (Å²) in [7, 11) is -11.1. The Labute approximate surface area is 249 Å². The first kappa shape index (κ1) is 40.6. The molecule has 0 aromatic rings. The molecule has 0 aromatic carbocycles. The molecule has 14 heteroatoms. The first-order chi connectivity index (χ1) is 10.3. The van der Waals surface area contributed by atoms with Crippen LogP contribution in [0.15, 0.2) is 23.3 Å². The molecular weight excluding hydrogens is 436 g/mol. The zero-order valence-corrected chi connectivity index (χ0v) is 27.1. The molecule has 8 nitrogen and oxygen atoms in total. The van der Waals surface area contributed by atoms with E-state index in [1.165, 1.54) is 6.08 Å². The largest absolute Gasteiger partial charge is 1.00 e. The van der Waals surface area contributed by atoms with Crippen LogP contribution in [0.1, 0.15) is 40.0 Å². The number of amides is 1. The van der Waals surface area contributed by atoms with Crippen LogP contribution in [-0.4, -0.2) is 17.9 Å². The molecule has 0 aliphatic heterocycles. The molecule has 0 saturated heterocycles. The first-order valence-corrected chi connectivity index (χ1v) is 10.2. The van der Waals surface area contributed by atoms with Crippen molar-refractivity contribution in [3.63, 3.8) is 0 Å². The summed E-state index contributed by atoms with van der Waals surface area (Å²) in [5, 5.41) is -0.285. The van der Waals surface area contributed by atoms with Gasteiger partial charge in [-0.15, -0.1) is 0 Å². The Bertz CT molecular complexity index is 549. The minimum atomic E-state index is -5.57. The summed E-state index contributed by atoms with van der Waals surface area (Å²) in [5.74, 6) is -0.545. The van der Waals surface area contributed by atoms with Gasteiger partial charge in [0.25, 0.3) is 0 Å². The van der Waals surface area contributed by atoms with Crippen molar-refractivity contribution in [3.8, 4) is 0 Å². The van der Waals surface area contributed by atoms with Gasteiger partial charge < -0.3 is 34.0 Å². The van der Waals surface area contributed by atoms with Gasteiger partial charge in [-0.1, -0.05) is 32.4 Å². The van der Waals surface area contributed by atoms with E-state index in [1.807, 2.05) is 19.9 Å². The summed E-state index contributed by atoms with van der Waals surface area (Å²) in [5.41, 5.74) is 1.95. The molecule has 134 valence electrons. The van der Waals surface area contributed by atoms with Crippen LogP contribution < -0.4 is 143 Å². The molecule has 0 saturated carbocycles. The molecule has 0 radical (unpaired) electrons. The van der Waals surface area contributed by atoms with E-state index in [0.29, 0.717) is 6.42 Å². The van der Waals surface area contributed by atoms with Crippen LogP contribution in [0.2, 0.25) is 0 Å². The van der Waals surface area contributed by atoms with Gasteiger partial charge in [0.1, 0.15) is 0 Å². The van der Waals surface area contributed by atoms with E-state index in [1.54, 1.807) is 6.92 Å². The Balaban J connectivity index is -0.000000403. The van der Waals surface area contributed by atoms with Crippen molar-refractivity contribution in [2.75, 3.05) is 6.54 Å². The third-order valence-electron chi connectivity index (χ3n) is 2.90. The second-order valence-electron chi connectivity index (χ2n) is 5.45. The summed E-state index contributed by atoms with van der Waals surface area (Å²) in [6, 6.07) is 0. The summed E-state index contributed by atoms with van der Waals surface area (Å²) in [4.78, 5) is 54.7. The van der Waals surface area contributed by atoms with Gasteiger partial charge in [0.15, 0.2) is 0 Å². The Morgan fingerprint density at radius 1 is 0.963 bits per heavy atom. The fraction of sp³-hybridized carbons (Fsp3) is 0.615. The van der Waals surface area contributed by atoms with Gasteiger partial charge >= 0.3 is 118 Å². The Morgan fingerprint density at radius 3 is 1.78 bits per heavy atom. The monoisotopic (exact) mass is 457 g/mol. The quantitative estimate of drug-likeness (QED) is 0.156. The number of nitrogens with one attached hydrogen (secondary N) is 1. The van der Waals surface area contributed by atoms with Gasteiger partial charge in [-0.25, -0.2) is 0 Å². The standard InChI is InChI=1S/C13H25NO7P2.4Na/c1-10(2)5-4-6-11(3)9-12(15)14-8-7-13(22(16,17)18)23(19,20)21;;;;/h5,9,13H,4,6-8H2,1-3H3,(H,14,15)(H2,16,17,18)(H2,19,20,21);;;;/q;4*+1/p-4/b11-9-;;;;. The molecule has 1 amide bonds. The van der Waals surface area contributed by atoms with E-state index in [9.17, 15) is 33.5 Å². The second-order valence-corrected chi connectivity index (χ2v) is 9.26. The van der Waals surface area contributed by atoms with Crippen molar-refractivity contribution in [1.29, 1.82) is 0 Å². The third-order valence-corrected chi connectivity index (χ3v) is 6.57. The minimum absolute atomic E-state index is 0. The SMILES string of the molecule is CC(C)=CCC/C(C)=C\C(=O)NCCC(P(=O)([O-])[O-])P(=O)([O-])[O-].[Na+].[Na+].[Na+].[Na+]. The average molecular weight is 457 g/mol. The molecule has 1 N–H and O–H groups in total. The van der Waals surface area contributed by atoms with Crippen molar-refractivity contribution < 1.29 is 152 Å². The van der Waals surface area contributed by atoms with Crippen molar-refractivity contribution in [3.05, 3.63) is 23.3 Å². The molecule has 0 bridgehead atoms. The number of hydrogen-bond acceptors (Lipinski definition) is 7. The number of hydrogen-bond donors (Lipinski definition) is 1. The molecule has 27 heavy (non-hydrogen) atoms. The van der Waals surface area contributed by atoms with Crippen LogP contribution in [0.5, 0.6) is 0 Å². The van der Waals surface area contributed by atoms with Gasteiger partial charge in [-0.2, -0.15) is 0 Å². The van der Waals surface area contributed by atoms with Gasteiger partial charge in [0.05, 0.1) is 0 Å². The summed E-state index contributed by atoms with van der Waals surface area (Å²) < 4.78 is 21.5. The van der Waals surface area contributed by atoms with Crippen LogP contribution in [0.4, 0.5) is 0 Å². The van der Waals surface area contributed by atoms with Crippen molar-refractivity contribution in [2.45, 2.75) is 45.4 Å². The van der Waals surface area contributed by atoms with Crippen molar-refractivity contribution >= 4 is 21.1 Å². The van der Waals surface area contributed by atoms with E-state index >= 15 is 0 Å². The Hall–Kier alpha value is 3.25. The maximum atomic E-state index is 11.6. The molecule has 0 aliphatic rings. The van der Waals surface area contributed by atoms with Gasteiger partial charge in [-0.3, -0.25) is 4.79 Å². The summed E-state index contributed by atoms with van der Waals surface area (Å²) >= 11 is 0. The maximum absolute atomic E-state index is 11.6. The average Bonchev–Trinajstić information content (AvgIpc) is 2.30. The van der Waals surface area contributed by atoms with Gasteiger partial charge in [0, 0.05) is 18.0 Å². The molecule has 0 heterocycles. The summed E-state index contributed by atoms with van der Waals surface area (Å²) in [6.07, 6.45) is 3.99. The molecular formula is C13H21NNa4O7P2. The van der Waals surface area contributed by atoms with Gasteiger partial charge in [0.2, 0.25) is 5.91 Å². The predicted octanol–water partition coefficient (Wildman–Crippen LogP) is -12.6. The minimum Gasteiger partial charge on any atom is -0.810 e.